The summed E-state index contributed by atoms with van der Waals surface area (Å²) in [7, 11) is 0. The first-order chi connectivity index (χ1) is 10.0. The number of benzene rings is 1. The van der Waals surface area contributed by atoms with Gasteiger partial charge in [-0.15, -0.1) is 0 Å². The maximum atomic E-state index is 12.0. The van der Waals surface area contributed by atoms with Crippen LogP contribution in [-0.4, -0.2) is 37.9 Å². The Hall–Kier alpha value is -2.08. The molecule has 0 radical (unpaired) electrons. The van der Waals surface area contributed by atoms with Gasteiger partial charge in [-0.25, -0.2) is 0 Å². The number of nitrogens with one attached hydrogen (secondary N) is 2. The molecule has 0 atom stereocenters. The summed E-state index contributed by atoms with van der Waals surface area (Å²) in [6.07, 6.45) is 0.776. The number of ether oxygens (including phenoxy) is 1. The van der Waals surface area contributed by atoms with Gasteiger partial charge in [-0.3, -0.25) is 9.59 Å². The molecule has 0 spiro atoms. The van der Waals surface area contributed by atoms with Gasteiger partial charge >= 0.3 is 0 Å². The normalized spacial score (nSPS) is 10.2. The highest BCUT2D eigenvalue weighted by molar-refractivity contribution is 5.98. The summed E-state index contributed by atoms with van der Waals surface area (Å²) in [5, 5.41) is 5.74. The zero-order valence-corrected chi connectivity index (χ0v) is 12.6. The zero-order valence-electron chi connectivity index (χ0n) is 12.6. The second kappa shape index (κ2) is 8.97. The van der Waals surface area contributed by atoms with E-state index in [0.29, 0.717) is 36.7 Å². The summed E-state index contributed by atoms with van der Waals surface area (Å²) >= 11 is 0. The number of anilines is 1. The number of ketones is 1. The highest BCUT2D eigenvalue weighted by Crippen LogP contribution is 2.22. The van der Waals surface area contributed by atoms with Gasteiger partial charge in [0.05, 0.1) is 18.8 Å². The fourth-order valence-electron chi connectivity index (χ4n) is 1.79. The largest absolute Gasteiger partial charge is 0.492 e. The van der Waals surface area contributed by atoms with Crippen LogP contribution in [0.25, 0.3) is 0 Å². The van der Waals surface area contributed by atoms with E-state index in [2.05, 4.69) is 10.6 Å². The lowest BCUT2D eigenvalue weighted by atomic mass is 10.1. The molecule has 0 saturated carbocycles. The monoisotopic (exact) mass is 293 g/mol. The van der Waals surface area contributed by atoms with Crippen LogP contribution in [0.4, 0.5) is 5.69 Å². The molecule has 21 heavy (non-hydrogen) atoms. The summed E-state index contributed by atoms with van der Waals surface area (Å²) in [5.74, 6) is 0.525. The first-order valence-corrected chi connectivity index (χ1v) is 7.05. The molecule has 0 aromatic heterocycles. The topological polar surface area (TPSA) is 93.5 Å². The Kier molecular flexibility index (Phi) is 7.25. The summed E-state index contributed by atoms with van der Waals surface area (Å²) < 4.78 is 5.33. The Morgan fingerprint density at radius 2 is 2.05 bits per heavy atom. The maximum Gasteiger partial charge on any atom is 0.216 e. The minimum absolute atomic E-state index is 0.0238. The molecule has 4 N–H and O–H groups in total. The number of hydrogen-bond donors (Lipinski definition) is 3. The SMILES string of the molecule is CCOc1ccc(C(=O)CNCCCNC(C)=O)cc1N. The molecule has 0 aliphatic heterocycles. The third-order valence-electron chi connectivity index (χ3n) is 2.82. The van der Waals surface area contributed by atoms with Gasteiger partial charge in [-0.2, -0.15) is 0 Å². The number of carbonyl (C=O) groups excluding carboxylic acids is 2. The molecule has 0 bridgehead atoms. The average molecular weight is 293 g/mol. The van der Waals surface area contributed by atoms with Gasteiger partial charge in [-0.05, 0) is 38.1 Å². The van der Waals surface area contributed by atoms with Crippen LogP contribution in [0.15, 0.2) is 18.2 Å². The van der Waals surface area contributed by atoms with Gasteiger partial charge in [0, 0.05) is 19.0 Å². The number of Topliss-reactive ketones (excluding diaryl/α,β-unsaturated/α-hetero) is 1. The van der Waals surface area contributed by atoms with Gasteiger partial charge < -0.3 is 21.1 Å². The quantitative estimate of drug-likeness (QED) is 0.358. The van der Waals surface area contributed by atoms with Crippen molar-refractivity contribution in [3.05, 3.63) is 23.8 Å². The second-order valence-electron chi connectivity index (χ2n) is 4.62. The number of amides is 1. The number of rotatable bonds is 9. The van der Waals surface area contributed by atoms with Crippen LogP contribution in [-0.2, 0) is 4.79 Å². The summed E-state index contributed by atoms with van der Waals surface area (Å²) in [6, 6.07) is 5.05. The molecule has 1 aromatic carbocycles. The smallest absolute Gasteiger partial charge is 0.216 e. The molecule has 0 unspecified atom stereocenters. The van der Waals surface area contributed by atoms with E-state index >= 15 is 0 Å². The molecular formula is C15H23N3O3. The molecule has 0 fully saturated rings. The Morgan fingerprint density at radius 1 is 1.29 bits per heavy atom. The molecule has 0 heterocycles. The number of hydrogen-bond acceptors (Lipinski definition) is 5. The van der Waals surface area contributed by atoms with E-state index in [4.69, 9.17) is 10.5 Å². The molecule has 1 amide bonds. The number of nitrogen functional groups attached to an aromatic ring is 1. The van der Waals surface area contributed by atoms with E-state index in [1.165, 1.54) is 6.92 Å². The minimum atomic E-state index is -0.0454. The van der Waals surface area contributed by atoms with E-state index in [-0.39, 0.29) is 18.2 Å². The van der Waals surface area contributed by atoms with Crippen molar-refractivity contribution < 1.29 is 14.3 Å². The third kappa shape index (κ3) is 6.27. The molecule has 6 heteroatoms. The molecule has 1 rings (SSSR count). The molecule has 0 saturated heterocycles. The predicted octanol–water partition coefficient (Wildman–Crippen LogP) is 0.966. The Labute approximate surface area is 125 Å². The van der Waals surface area contributed by atoms with E-state index in [1.807, 2.05) is 6.92 Å². The van der Waals surface area contributed by atoms with Crippen LogP contribution in [0, 0.1) is 0 Å². The lowest BCUT2D eigenvalue weighted by Crippen LogP contribution is -2.28. The fraction of sp³-hybridized carbons (Fsp3) is 0.467. The van der Waals surface area contributed by atoms with E-state index in [9.17, 15) is 9.59 Å². The molecule has 0 aliphatic carbocycles. The predicted molar refractivity (Wildman–Crippen MR) is 82.5 cm³/mol. The summed E-state index contributed by atoms with van der Waals surface area (Å²) in [5.41, 5.74) is 6.86. The van der Waals surface area contributed by atoms with Gasteiger partial charge in [0.25, 0.3) is 0 Å². The average Bonchev–Trinajstić information content (AvgIpc) is 2.44. The van der Waals surface area contributed by atoms with Crippen molar-refractivity contribution in [2.45, 2.75) is 20.3 Å². The van der Waals surface area contributed by atoms with Crippen molar-refractivity contribution in [1.82, 2.24) is 10.6 Å². The van der Waals surface area contributed by atoms with Gasteiger partial charge in [0.1, 0.15) is 5.75 Å². The van der Waals surface area contributed by atoms with Gasteiger partial charge in [-0.1, -0.05) is 0 Å². The van der Waals surface area contributed by atoms with Crippen molar-refractivity contribution in [2.24, 2.45) is 0 Å². The Balaban J connectivity index is 2.35. The lowest BCUT2D eigenvalue weighted by Gasteiger charge is -2.09. The first-order valence-electron chi connectivity index (χ1n) is 7.05. The molecular weight excluding hydrogens is 270 g/mol. The van der Waals surface area contributed by atoms with Crippen LogP contribution in [0.2, 0.25) is 0 Å². The van der Waals surface area contributed by atoms with Crippen molar-refractivity contribution in [3.63, 3.8) is 0 Å². The van der Waals surface area contributed by atoms with Crippen molar-refractivity contribution in [2.75, 3.05) is 32.0 Å². The molecule has 6 nitrogen and oxygen atoms in total. The summed E-state index contributed by atoms with van der Waals surface area (Å²) in [4.78, 5) is 22.6. The highest BCUT2D eigenvalue weighted by Gasteiger charge is 2.08. The molecule has 1 aromatic rings. The Morgan fingerprint density at radius 3 is 2.67 bits per heavy atom. The minimum Gasteiger partial charge on any atom is -0.492 e. The van der Waals surface area contributed by atoms with Crippen LogP contribution >= 0.6 is 0 Å². The van der Waals surface area contributed by atoms with Gasteiger partial charge in [0.2, 0.25) is 5.91 Å². The fourth-order valence-corrected chi connectivity index (χ4v) is 1.79. The van der Waals surface area contributed by atoms with E-state index in [0.717, 1.165) is 6.42 Å². The van der Waals surface area contributed by atoms with Gasteiger partial charge in [0.15, 0.2) is 5.78 Å². The lowest BCUT2D eigenvalue weighted by molar-refractivity contribution is -0.118. The highest BCUT2D eigenvalue weighted by atomic mass is 16.5. The first kappa shape index (κ1) is 17.0. The maximum absolute atomic E-state index is 12.0. The van der Waals surface area contributed by atoms with Crippen molar-refractivity contribution in [1.29, 1.82) is 0 Å². The van der Waals surface area contributed by atoms with Crippen molar-refractivity contribution >= 4 is 17.4 Å². The van der Waals surface area contributed by atoms with E-state index in [1.54, 1.807) is 18.2 Å². The van der Waals surface area contributed by atoms with Crippen LogP contribution in [0.3, 0.4) is 0 Å². The zero-order chi connectivity index (χ0) is 15.7. The number of carbonyl (C=O) groups is 2. The van der Waals surface area contributed by atoms with Crippen molar-refractivity contribution in [3.8, 4) is 5.75 Å². The molecule has 116 valence electrons. The standard InChI is InChI=1S/C15H23N3O3/c1-3-21-15-6-5-12(9-13(15)16)14(20)10-17-7-4-8-18-11(2)19/h5-6,9,17H,3-4,7-8,10,16H2,1-2H3,(H,18,19). The van der Waals surface area contributed by atoms with E-state index < -0.39 is 0 Å². The molecule has 0 aliphatic rings. The van der Waals surface area contributed by atoms with Crippen LogP contribution in [0.5, 0.6) is 5.75 Å². The number of nitrogens with two attached hydrogens (primary N) is 1. The summed E-state index contributed by atoms with van der Waals surface area (Å²) in [6.45, 7) is 5.41. The Bertz CT molecular complexity index is 489. The van der Waals surface area contributed by atoms with Crippen LogP contribution < -0.4 is 21.1 Å². The second-order valence-corrected chi connectivity index (χ2v) is 4.62. The third-order valence-corrected chi connectivity index (χ3v) is 2.82. The van der Waals surface area contributed by atoms with Crippen LogP contribution in [0.1, 0.15) is 30.6 Å².